The second-order valence-electron chi connectivity index (χ2n) is 5.89. The van der Waals surface area contributed by atoms with Gasteiger partial charge in [-0.3, -0.25) is 4.79 Å². The molecule has 6 heteroatoms. The molecule has 0 atom stereocenters. The summed E-state index contributed by atoms with van der Waals surface area (Å²) < 4.78 is 1.07. The van der Waals surface area contributed by atoms with E-state index in [1.165, 1.54) is 16.9 Å². The Bertz CT molecular complexity index is 1030. The van der Waals surface area contributed by atoms with Crippen LogP contribution in [0, 0.1) is 11.3 Å². The summed E-state index contributed by atoms with van der Waals surface area (Å²) in [6.45, 7) is 2.07. The van der Waals surface area contributed by atoms with Crippen molar-refractivity contribution in [2.45, 2.75) is 22.4 Å². The monoisotopic (exact) mass is 424 g/mol. The highest BCUT2D eigenvalue weighted by Crippen LogP contribution is 2.34. The minimum absolute atomic E-state index is 0.0736. The Hall–Kier alpha value is -2.52. The summed E-state index contributed by atoms with van der Waals surface area (Å²) >= 11 is 9.05. The average molecular weight is 425 g/mol. The number of carbonyl (C=O) groups excluding carboxylic acids is 1. The first-order valence-corrected chi connectivity index (χ1v) is 10.6. The van der Waals surface area contributed by atoms with Gasteiger partial charge in [-0.15, -0.1) is 11.3 Å². The lowest BCUT2D eigenvalue weighted by Gasteiger charge is -2.05. The molecular formula is C22H17ClN2OS2. The fraction of sp³-hybridized carbons (Fsp3) is 0.0909. The van der Waals surface area contributed by atoms with E-state index in [0.717, 1.165) is 20.4 Å². The van der Waals surface area contributed by atoms with Crippen molar-refractivity contribution in [3.63, 3.8) is 0 Å². The van der Waals surface area contributed by atoms with Crippen molar-refractivity contribution in [3.8, 4) is 6.07 Å². The first-order chi connectivity index (χ1) is 13.6. The highest BCUT2D eigenvalue weighted by Gasteiger charge is 2.11. The maximum Gasteiger partial charge on any atom is 0.266 e. The van der Waals surface area contributed by atoms with E-state index in [9.17, 15) is 10.1 Å². The van der Waals surface area contributed by atoms with Crippen LogP contribution in [0.2, 0.25) is 5.02 Å². The number of hydrogen-bond donors (Lipinski definition) is 1. The molecule has 0 bridgehead atoms. The van der Waals surface area contributed by atoms with Crippen LogP contribution in [0.5, 0.6) is 0 Å². The van der Waals surface area contributed by atoms with Gasteiger partial charge in [0, 0.05) is 20.5 Å². The highest BCUT2D eigenvalue weighted by atomic mass is 35.5. The minimum atomic E-state index is -0.410. The van der Waals surface area contributed by atoms with Crippen molar-refractivity contribution < 1.29 is 4.79 Å². The van der Waals surface area contributed by atoms with Gasteiger partial charge in [-0.25, -0.2) is 0 Å². The minimum Gasteiger partial charge on any atom is -0.321 e. The van der Waals surface area contributed by atoms with E-state index < -0.39 is 5.91 Å². The number of benzene rings is 2. The third kappa shape index (κ3) is 5.49. The molecule has 1 heterocycles. The molecule has 1 aromatic heterocycles. The van der Waals surface area contributed by atoms with Crippen LogP contribution >= 0.6 is 34.7 Å². The van der Waals surface area contributed by atoms with Crippen LogP contribution in [0.25, 0.3) is 6.08 Å². The molecule has 1 N–H and O–H groups in total. The molecule has 0 aliphatic carbocycles. The Morgan fingerprint density at radius 2 is 1.86 bits per heavy atom. The summed E-state index contributed by atoms with van der Waals surface area (Å²) in [4.78, 5) is 14.3. The van der Waals surface area contributed by atoms with Crippen LogP contribution < -0.4 is 5.32 Å². The molecule has 0 aliphatic rings. The number of nitrogens with zero attached hydrogens (tertiary/aromatic N) is 1. The lowest BCUT2D eigenvalue weighted by atomic mass is 10.1. The van der Waals surface area contributed by atoms with Gasteiger partial charge in [0.1, 0.15) is 11.6 Å². The molecule has 0 saturated carbocycles. The third-order valence-electron chi connectivity index (χ3n) is 3.91. The topological polar surface area (TPSA) is 52.9 Å². The lowest BCUT2D eigenvalue weighted by molar-refractivity contribution is -0.112. The van der Waals surface area contributed by atoms with Crippen molar-refractivity contribution in [2.24, 2.45) is 0 Å². The van der Waals surface area contributed by atoms with Gasteiger partial charge in [0.05, 0.1) is 4.21 Å². The number of hydrogen-bond acceptors (Lipinski definition) is 4. The first-order valence-electron chi connectivity index (χ1n) is 8.62. The molecule has 0 aliphatic heterocycles. The smallest absolute Gasteiger partial charge is 0.266 e. The molecule has 3 aromatic rings. The van der Waals surface area contributed by atoms with Crippen molar-refractivity contribution in [2.75, 3.05) is 5.32 Å². The largest absolute Gasteiger partial charge is 0.321 e. The van der Waals surface area contributed by atoms with Gasteiger partial charge < -0.3 is 5.32 Å². The van der Waals surface area contributed by atoms with Crippen LogP contribution in [0.4, 0.5) is 5.69 Å². The molecule has 3 rings (SSSR count). The van der Waals surface area contributed by atoms with Crippen LogP contribution in [0.3, 0.4) is 0 Å². The molecule has 0 spiro atoms. The second kappa shape index (κ2) is 9.61. The fourth-order valence-corrected chi connectivity index (χ4v) is 4.59. The summed E-state index contributed by atoms with van der Waals surface area (Å²) in [5.74, 6) is -0.410. The first kappa shape index (κ1) is 20.2. The number of carbonyl (C=O) groups is 1. The predicted octanol–water partition coefficient (Wildman–Crippen LogP) is 6.66. The van der Waals surface area contributed by atoms with Crippen LogP contribution in [-0.4, -0.2) is 5.91 Å². The number of amides is 1. The van der Waals surface area contributed by atoms with E-state index in [-0.39, 0.29) is 5.57 Å². The number of nitrogens with one attached hydrogen (secondary N) is 1. The van der Waals surface area contributed by atoms with Crippen LogP contribution in [0.15, 0.2) is 75.3 Å². The van der Waals surface area contributed by atoms with Gasteiger partial charge in [0.15, 0.2) is 0 Å². The molecule has 140 valence electrons. The van der Waals surface area contributed by atoms with E-state index in [0.29, 0.717) is 10.7 Å². The van der Waals surface area contributed by atoms with E-state index in [1.807, 2.05) is 66.7 Å². The molecule has 0 fully saturated rings. The Kier molecular flexibility index (Phi) is 6.94. The molecule has 0 unspecified atom stereocenters. The zero-order valence-electron chi connectivity index (χ0n) is 15.1. The highest BCUT2D eigenvalue weighted by molar-refractivity contribution is 8.01. The van der Waals surface area contributed by atoms with Crippen LogP contribution in [0.1, 0.15) is 17.4 Å². The number of halogens is 1. The van der Waals surface area contributed by atoms with Gasteiger partial charge in [0.25, 0.3) is 5.91 Å². The Labute approximate surface area is 177 Å². The lowest BCUT2D eigenvalue weighted by Crippen LogP contribution is -2.13. The number of anilines is 1. The van der Waals surface area contributed by atoms with Gasteiger partial charge in [-0.2, -0.15) is 5.26 Å². The summed E-state index contributed by atoms with van der Waals surface area (Å²) in [6, 6.07) is 21.1. The fourth-order valence-electron chi connectivity index (χ4n) is 2.40. The van der Waals surface area contributed by atoms with Gasteiger partial charge in [-0.1, -0.05) is 42.4 Å². The van der Waals surface area contributed by atoms with Gasteiger partial charge in [-0.05, 0) is 66.6 Å². The molecule has 0 radical (unpaired) electrons. The quantitative estimate of drug-likeness (QED) is 0.355. The molecule has 1 amide bonds. The van der Waals surface area contributed by atoms with Crippen molar-refractivity contribution >= 4 is 52.4 Å². The summed E-state index contributed by atoms with van der Waals surface area (Å²) in [7, 11) is 0. The van der Waals surface area contributed by atoms with Crippen molar-refractivity contribution in [3.05, 3.63) is 81.7 Å². The van der Waals surface area contributed by atoms with Crippen molar-refractivity contribution in [1.82, 2.24) is 0 Å². The second-order valence-corrected chi connectivity index (χ2v) is 8.81. The van der Waals surface area contributed by atoms with Gasteiger partial charge >= 0.3 is 0 Å². The van der Waals surface area contributed by atoms with E-state index >= 15 is 0 Å². The normalized spacial score (nSPS) is 11.1. The molecule has 0 saturated heterocycles. The standard InChI is InChI=1S/C22H17ClN2OS2/c1-2-15-3-7-18(8-4-15)25-22(26)16(14-24)13-20-11-12-21(28-20)27-19-9-5-17(23)6-10-19/h3-13H,2H2,1H3,(H,25,26)/b16-13-. The SMILES string of the molecule is CCc1ccc(NC(=O)/C(C#N)=C\c2ccc(Sc3ccc(Cl)cc3)s2)cc1. The Morgan fingerprint density at radius 1 is 1.14 bits per heavy atom. The zero-order valence-corrected chi connectivity index (χ0v) is 17.5. The number of thiophene rings is 1. The maximum atomic E-state index is 12.4. The number of aryl methyl sites for hydroxylation is 1. The summed E-state index contributed by atoms with van der Waals surface area (Å²) in [6.07, 6.45) is 2.55. The summed E-state index contributed by atoms with van der Waals surface area (Å²) in [5.41, 5.74) is 1.94. The Balaban J connectivity index is 1.69. The average Bonchev–Trinajstić information content (AvgIpc) is 3.15. The van der Waals surface area contributed by atoms with E-state index in [2.05, 4.69) is 12.2 Å². The van der Waals surface area contributed by atoms with E-state index in [1.54, 1.807) is 17.8 Å². The van der Waals surface area contributed by atoms with Gasteiger partial charge in [0.2, 0.25) is 0 Å². The molecular weight excluding hydrogens is 408 g/mol. The van der Waals surface area contributed by atoms with Crippen LogP contribution in [-0.2, 0) is 11.2 Å². The molecule has 3 nitrogen and oxygen atoms in total. The van der Waals surface area contributed by atoms with Crippen molar-refractivity contribution in [1.29, 1.82) is 5.26 Å². The molecule has 2 aromatic carbocycles. The number of rotatable bonds is 6. The number of nitriles is 1. The third-order valence-corrected chi connectivity index (χ3v) is 6.33. The molecule has 28 heavy (non-hydrogen) atoms. The summed E-state index contributed by atoms with van der Waals surface area (Å²) in [5, 5.41) is 12.9. The van der Waals surface area contributed by atoms with E-state index in [4.69, 9.17) is 11.6 Å². The predicted molar refractivity (Wildman–Crippen MR) is 118 cm³/mol. The Morgan fingerprint density at radius 3 is 2.50 bits per heavy atom. The maximum absolute atomic E-state index is 12.4. The zero-order chi connectivity index (χ0) is 19.9.